The second-order valence-corrected chi connectivity index (χ2v) is 7.32. The minimum absolute atomic E-state index is 0. The molecule has 0 aromatic heterocycles. The second-order valence-electron chi connectivity index (χ2n) is 5.22. The van der Waals surface area contributed by atoms with Crippen LogP contribution in [-0.4, -0.2) is 25.5 Å². The van der Waals surface area contributed by atoms with Gasteiger partial charge in [0, 0.05) is 22.5 Å². The number of hydrogen-bond donors (Lipinski definition) is 1. The molecule has 0 saturated carbocycles. The summed E-state index contributed by atoms with van der Waals surface area (Å²) in [6.07, 6.45) is 5.02. The first-order valence-corrected chi connectivity index (χ1v) is 10.4. The zero-order valence-electron chi connectivity index (χ0n) is 14.7. The lowest BCUT2D eigenvalue weighted by atomic mass is 10.1. The van der Waals surface area contributed by atoms with E-state index in [9.17, 15) is 0 Å². The normalized spacial score (nSPS) is 11.2. The summed E-state index contributed by atoms with van der Waals surface area (Å²) in [5.74, 6) is 0.412. The van der Waals surface area contributed by atoms with Gasteiger partial charge >= 0.3 is 0 Å². The molecule has 0 unspecified atom stereocenters. The van der Waals surface area contributed by atoms with Crippen LogP contribution in [-0.2, 0) is 6.42 Å². The molecule has 2 N–H and O–H groups in total. The van der Waals surface area contributed by atoms with Crippen molar-refractivity contribution in [1.29, 1.82) is 0 Å². The highest BCUT2D eigenvalue weighted by atomic mass is 35.5. The van der Waals surface area contributed by atoms with Crippen molar-refractivity contribution in [3.05, 3.63) is 47.0 Å². The Hall–Kier alpha value is -1.01. The lowest BCUT2D eigenvalue weighted by molar-refractivity contribution is 1.13. The molecule has 0 aliphatic heterocycles. The first-order chi connectivity index (χ1) is 11.5. The summed E-state index contributed by atoms with van der Waals surface area (Å²) >= 11 is 9.74. The lowest BCUT2D eigenvalue weighted by Gasteiger charge is -2.19. The Kier molecular flexibility index (Phi) is 9.00. The van der Waals surface area contributed by atoms with Crippen molar-refractivity contribution in [3.63, 3.8) is 0 Å². The summed E-state index contributed by atoms with van der Waals surface area (Å²) in [4.78, 5) is 8.57. The maximum atomic E-state index is 6.47. The van der Waals surface area contributed by atoms with E-state index in [0.717, 1.165) is 21.9 Å². The molecule has 3 nitrogen and oxygen atoms in total. The molecule has 0 fully saturated rings. The molecule has 2 aromatic rings. The van der Waals surface area contributed by atoms with Crippen LogP contribution in [0.5, 0.6) is 0 Å². The highest BCUT2D eigenvalue weighted by molar-refractivity contribution is 7.99. The van der Waals surface area contributed by atoms with Gasteiger partial charge in [0.1, 0.15) is 0 Å². The van der Waals surface area contributed by atoms with Crippen molar-refractivity contribution in [2.75, 3.05) is 24.5 Å². The smallest absolute Gasteiger partial charge is 0.200 e. The number of benzene rings is 2. The van der Waals surface area contributed by atoms with Gasteiger partial charge in [0.15, 0.2) is 0 Å². The van der Waals surface area contributed by atoms with Gasteiger partial charge in [-0.25, -0.2) is 4.99 Å². The largest absolute Gasteiger partial charge is 0.369 e. The van der Waals surface area contributed by atoms with Crippen molar-refractivity contribution in [2.45, 2.75) is 23.1 Å². The fourth-order valence-corrected chi connectivity index (χ4v) is 3.67. The summed E-state index contributed by atoms with van der Waals surface area (Å²) in [5.41, 5.74) is 9.20. The summed E-state index contributed by atoms with van der Waals surface area (Å²) in [6.45, 7) is 2.13. The standard InChI is InChI=1S/C18H22ClN3S2.ClH/c1-5-12-7-6-8-13(9-12)22(2)18(20)21-15-10-14(23-3)11-16(24-4)17(15)19;/h6-11H,5H2,1-4H3,(H2,20,21);1H. The van der Waals surface area contributed by atoms with E-state index in [2.05, 4.69) is 30.1 Å². The van der Waals surface area contributed by atoms with Gasteiger partial charge in [0.2, 0.25) is 5.96 Å². The van der Waals surface area contributed by atoms with Crippen LogP contribution in [0.2, 0.25) is 5.02 Å². The van der Waals surface area contributed by atoms with Crippen LogP contribution in [0.15, 0.2) is 51.2 Å². The Morgan fingerprint density at radius 2 is 1.92 bits per heavy atom. The van der Waals surface area contributed by atoms with Gasteiger partial charge in [-0.2, -0.15) is 0 Å². The van der Waals surface area contributed by atoms with Gasteiger partial charge in [0.25, 0.3) is 0 Å². The fraction of sp³-hybridized carbons (Fsp3) is 0.278. The number of aryl methyl sites for hydroxylation is 1. The van der Waals surface area contributed by atoms with Gasteiger partial charge in [-0.3, -0.25) is 0 Å². The first-order valence-electron chi connectivity index (χ1n) is 7.58. The van der Waals surface area contributed by atoms with Gasteiger partial charge in [-0.1, -0.05) is 30.7 Å². The third kappa shape index (κ3) is 5.48. The number of nitrogens with two attached hydrogens (primary N) is 1. The van der Waals surface area contributed by atoms with Crippen LogP contribution in [0.1, 0.15) is 12.5 Å². The van der Waals surface area contributed by atoms with Crippen LogP contribution < -0.4 is 10.6 Å². The maximum Gasteiger partial charge on any atom is 0.200 e. The molecule has 0 bridgehead atoms. The number of nitrogens with zero attached hydrogens (tertiary/aromatic N) is 2. The lowest BCUT2D eigenvalue weighted by Crippen LogP contribution is -2.33. The fourth-order valence-electron chi connectivity index (χ4n) is 2.22. The average molecular weight is 416 g/mol. The molecule has 0 radical (unpaired) electrons. The molecule has 0 amide bonds. The van der Waals surface area contributed by atoms with Crippen molar-refractivity contribution < 1.29 is 0 Å². The first kappa shape index (κ1) is 22.0. The number of aliphatic imine (C=N–C) groups is 1. The van der Waals surface area contributed by atoms with Crippen LogP contribution in [0.3, 0.4) is 0 Å². The predicted octanol–water partition coefficient (Wildman–Crippen LogP) is 5.85. The number of guanidine groups is 1. The summed E-state index contributed by atoms with van der Waals surface area (Å²) in [6, 6.07) is 12.3. The molecule has 7 heteroatoms. The monoisotopic (exact) mass is 415 g/mol. The minimum Gasteiger partial charge on any atom is -0.369 e. The molecule has 0 heterocycles. The van der Waals surface area contributed by atoms with Crippen LogP contribution in [0.25, 0.3) is 0 Å². The van der Waals surface area contributed by atoms with E-state index in [0.29, 0.717) is 16.7 Å². The second kappa shape index (κ2) is 10.2. The summed E-state index contributed by atoms with van der Waals surface area (Å²) < 4.78 is 0. The minimum atomic E-state index is 0. The molecule has 25 heavy (non-hydrogen) atoms. The van der Waals surface area contributed by atoms with Crippen molar-refractivity contribution in [2.24, 2.45) is 10.7 Å². The Morgan fingerprint density at radius 3 is 2.52 bits per heavy atom. The molecular weight excluding hydrogens is 393 g/mol. The molecule has 0 saturated heterocycles. The number of anilines is 1. The summed E-state index contributed by atoms with van der Waals surface area (Å²) in [7, 11) is 1.91. The Balaban J connectivity index is 0.00000312. The molecule has 0 aliphatic carbocycles. The highest BCUT2D eigenvalue weighted by Crippen LogP contribution is 2.38. The van der Waals surface area contributed by atoms with Gasteiger partial charge in [-0.15, -0.1) is 35.9 Å². The van der Waals surface area contributed by atoms with E-state index >= 15 is 0 Å². The Labute approximate surface area is 169 Å². The van der Waals surface area contributed by atoms with E-state index in [1.165, 1.54) is 5.56 Å². The zero-order valence-corrected chi connectivity index (χ0v) is 18.0. The number of thioether (sulfide) groups is 2. The topological polar surface area (TPSA) is 41.6 Å². The maximum absolute atomic E-state index is 6.47. The van der Waals surface area contributed by atoms with E-state index in [-0.39, 0.29) is 12.4 Å². The number of rotatable bonds is 5. The third-order valence-corrected chi connectivity index (χ3v) is 5.71. The number of halogens is 2. The zero-order chi connectivity index (χ0) is 17.7. The van der Waals surface area contributed by atoms with Crippen molar-refractivity contribution in [1.82, 2.24) is 0 Å². The van der Waals surface area contributed by atoms with Gasteiger partial charge < -0.3 is 10.6 Å². The Bertz CT molecular complexity index is 751. The van der Waals surface area contributed by atoms with E-state index < -0.39 is 0 Å². The van der Waals surface area contributed by atoms with Gasteiger partial charge in [0.05, 0.1) is 10.7 Å². The van der Waals surface area contributed by atoms with Crippen LogP contribution >= 0.6 is 47.5 Å². The van der Waals surface area contributed by atoms with Crippen molar-refractivity contribution in [3.8, 4) is 0 Å². The SMILES string of the molecule is CCc1cccc(N(C)C(N)=Nc2cc(SC)cc(SC)c2Cl)c1.Cl. The average Bonchev–Trinajstić information content (AvgIpc) is 2.62. The molecule has 0 spiro atoms. The van der Waals surface area contributed by atoms with Crippen LogP contribution in [0.4, 0.5) is 11.4 Å². The highest BCUT2D eigenvalue weighted by Gasteiger charge is 2.11. The quantitative estimate of drug-likeness (QED) is 0.377. The van der Waals surface area contributed by atoms with Crippen LogP contribution in [0, 0.1) is 0 Å². The molecule has 0 atom stereocenters. The van der Waals surface area contributed by atoms with Crippen molar-refractivity contribution >= 4 is 64.9 Å². The molecular formula is C18H23Cl2N3S2. The summed E-state index contributed by atoms with van der Waals surface area (Å²) in [5, 5.41) is 0.638. The number of hydrogen-bond acceptors (Lipinski definition) is 3. The van der Waals surface area contributed by atoms with E-state index in [1.54, 1.807) is 23.5 Å². The molecule has 2 rings (SSSR count). The van der Waals surface area contributed by atoms with E-state index in [1.807, 2.05) is 42.7 Å². The third-order valence-electron chi connectivity index (χ3n) is 3.73. The Morgan fingerprint density at radius 1 is 1.20 bits per heavy atom. The van der Waals surface area contributed by atoms with E-state index in [4.69, 9.17) is 17.3 Å². The molecule has 136 valence electrons. The molecule has 0 aliphatic rings. The van der Waals surface area contributed by atoms with Gasteiger partial charge in [-0.05, 0) is 48.8 Å². The predicted molar refractivity (Wildman–Crippen MR) is 118 cm³/mol. The molecule has 2 aromatic carbocycles.